The quantitative estimate of drug-likeness (QED) is 0.301. The molecule has 4 nitrogen and oxygen atoms in total. The highest BCUT2D eigenvalue weighted by Gasteiger charge is 2.29. The van der Waals surface area contributed by atoms with Gasteiger partial charge in [-0.15, -0.1) is 0 Å². The summed E-state index contributed by atoms with van der Waals surface area (Å²) in [5.74, 6) is -2.02. The van der Waals surface area contributed by atoms with Gasteiger partial charge in [-0.05, 0) is 59.1 Å². The highest BCUT2D eigenvalue weighted by atomic mass is 16.5. The number of phenols is 1. The van der Waals surface area contributed by atoms with Crippen LogP contribution in [0, 0.1) is 5.92 Å². The van der Waals surface area contributed by atoms with Crippen molar-refractivity contribution in [3.05, 3.63) is 53.1 Å². The first kappa shape index (κ1) is 20.7. The number of benzene rings is 1. The molecule has 136 valence electrons. The molecule has 0 amide bonds. The van der Waals surface area contributed by atoms with Crippen molar-refractivity contribution in [3.63, 3.8) is 0 Å². The summed E-state index contributed by atoms with van der Waals surface area (Å²) in [7, 11) is 0. The molecule has 0 spiro atoms. The number of ether oxygens (including phenoxy) is 1. The van der Waals surface area contributed by atoms with E-state index >= 15 is 0 Å². The van der Waals surface area contributed by atoms with E-state index in [2.05, 4.69) is 19.9 Å². The maximum absolute atomic E-state index is 12.7. The van der Waals surface area contributed by atoms with Gasteiger partial charge >= 0.3 is 5.97 Å². The SMILES string of the molecule is CCOC(=O)[C@@H](C/C=C(\C)CCC=C(C)C)C(=O)c1ccccc1O. The van der Waals surface area contributed by atoms with Gasteiger partial charge in [-0.1, -0.05) is 35.4 Å². The minimum absolute atomic E-state index is 0.119. The van der Waals surface area contributed by atoms with Crippen LogP contribution in [0.2, 0.25) is 0 Å². The maximum Gasteiger partial charge on any atom is 0.317 e. The molecular formula is C21H28O4. The summed E-state index contributed by atoms with van der Waals surface area (Å²) in [6, 6.07) is 6.26. The molecule has 0 saturated heterocycles. The predicted octanol–water partition coefficient (Wildman–Crippen LogP) is 4.84. The fourth-order valence-corrected chi connectivity index (χ4v) is 2.43. The molecule has 0 fully saturated rings. The molecule has 0 aliphatic carbocycles. The Morgan fingerprint density at radius 1 is 1.16 bits per heavy atom. The number of phenolic OH excluding ortho intramolecular Hbond substituents is 1. The zero-order chi connectivity index (χ0) is 18.8. The molecule has 0 aromatic heterocycles. The van der Waals surface area contributed by atoms with Crippen LogP contribution in [0.25, 0.3) is 0 Å². The van der Waals surface area contributed by atoms with E-state index in [-0.39, 0.29) is 24.3 Å². The Bertz CT molecular complexity index is 652. The smallest absolute Gasteiger partial charge is 0.317 e. The number of aromatic hydroxyl groups is 1. The van der Waals surface area contributed by atoms with Crippen LogP contribution in [0.5, 0.6) is 5.75 Å². The van der Waals surface area contributed by atoms with Crippen LogP contribution in [0.4, 0.5) is 0 Å². The first-order valence-electron chi connectivity index (χ1n) is 8.64. The fourth-order valence-electron chi connectivity index (χ4n) is 2.43. The van der Waals surface area contributed by atoms with E-state index in [0.717, 1.165) is 18.4 Å². The number of Topliss-reactive ketones (excluding diaryl/α,β-unsaturated/α-hetero) is 1. The van der Waals surface area contributed by atoms with Crippen LogP contribution < -0.4 is 0 Å². The van der Waals surface area contributed by atoms with Crippen LogP contribution in [0.3, 0.4) is 0 Å². The Morgan fingerprint density at radius 3 is 2.44 bits per heavy atom. The average molecular weight is 344 g/mol. The summed E-state index contributed by atoms with van der Waals surface area (Å²) in [5, 5.41) is 9.89. The van der Waals surface area contributed by atoms with Gasteiger partial charge in [0.2, 0.25) is 0 Å². The van der Waals surface area contributed by atoms with Gasteiger partial charge in [0.25, 0.3) is 0 Å². The summed E-state index contributed by atoms with van der Waals surface area (Å²) in [6.45, 7) is 8.03. The molecule has 0 radical (unpaired) electrons. The Morgan fingerprint density at radius 2 is 1.84 bits per heavy atom. The van der Waals surface area contributed by atoms with Gasteiger partial charge in [0.05, 0.1) is 12.2 Å². The number of hydrogen-bond acceptors (Lipinski definition) is 4. The Hall–Kier alpha value is -2.36. The molecule has 0 bridgehead atoms. The number of ketones is 1. The largest absolute Gasteiger partial charge is 0.507 e. The number of para-hydroxylation sites is 1. The second-order valence-corrected chi connectivity index (χ2v) is 6.29. The van der Waals surface area contributed by atoms with Crippen molar-refractivity contribution < 1.29 is 19.4 Å². The third-order valence-electron chi connectivity index (χ3n) is 3.85. The summed E-state index contributed by atoms with van der Waals surface area (Å²) in [4.78, 5) is 24.9. The first-order chi connectivity index (χ1) is 11.9. The molecule has 0 aliphatic heterocycles. The highest BCUT2D eigenvalue weighted by molar-refractivity contribution is 6.10. The van der Waals surface area contributed by atoms with E-state index in [4.69, 9.17) is 4.74 Å². The molecule has 1 atom stereocenters. The lowest BCUT2D eigenvalue weighted by molar-refractivity contribution is -0.146. The zero-order valence-electron chi connectivity index (χ0n) is 15.5. The predicted molar refractivity (Wildman–Crippen MR) is 99.6 cm³/mol. The number of allylic oxidation sites excluding steroid dienone is 4. The van der Waals surface area contributed by atoms with Crippen LogP contribution >= 0.6 is 0 Å². The Labute approximate surface area is 150 Å². The van der Waals surface area contributed by atoms with Crippen molar-refractivity contribution in [2.45, 2.75) is 47.0 Å². The van der Waals surface area contributed by atoms with Gasteiger partial charge in [0.15, 0.2) is 5.78 Å². The van der Waals surface area contributed by atoms with Crippen LogP contribution in [-0.4, -0.2) is 23.5 Å². The van der Waals surface area contributed by atoms with E-state index in [1.54, 1.807) is 19.1 Å². The monoisotopic (exact) mass is 344 g/mol. The van der Waals surface area contributed by atoms with Gasteiger partial charge < -0.3 is 9.84 Å². The first-order valence-corrected chi connectivity index (χ1v) is 8.64. The molecule has 1 rings (SSSR count). The van der Waals surface area contributed by atoms with Crippen molar-refractivity contribution in [2.24, 2.45) is 5.92 Å². The van der Waals surface area contributed by atoms with Crippen molar-refractivity contribution in [3.8, 4) is 5.75 Å². The van der Waals surface area contributed by atoms with Crippen molar-refractivity contribution in [1.29, 1.82) is 0 Å². The van der Waals surface area contributed by atoms with Crippen LogP contribution in [0.15, 0.2) is 47.6 Å². The molecular weight excluding hydrogens is 316 g/mol. The number of esters is 1. The normalized spacial score (nSPS) is 12.4. The second kappa shape index (κ2) is 10.5. The molecule has 1 N–H and O–H groups in total. The van der Waals surface area contributed by atoms with E-state index in [0.29, 0.717) is 0 Å². The zero-order valence-corrected chi connectivity index (χ0v) is 15.5. The summed E-state index contributed by atoms with van der Waals surface area (Å²) < 4.78 is 5.05. The van der Waals surface area contributed by atoms with E-state index in [1.807, 2.05) is 13.0 Å². The molecule has 1 aromatic rings. The van der Waals surface area contributed by atoms with Gasteiger partial charge in [0, 0.05) is 0 Å². The third-order valence-corrected chi connectivity index (χ3v) is 3.85. The van der Waals surface area contributed by atoms with Crippen LogP contribution in [-0.2, 0) is 9.53 Å². The van der Waals surface area contributed by atoms with Crippen molar-refractivity contribution in [2.75, 3.05) is 6.61 Å². The summed E-state index contributed by atoms with van der Waals surface area (Å²) in [5.41, 5.74) is 2.54. The minimum Gasteiger partial charge on any atom is -0.507 e. The molecule has 1 aromatic carbocycles. The van der Waals surface area contributed by atoms with E-state index in [1.165, 1.54) is 17.7 Å². The lowest BCUT2D eigenvalue weighted by atomic mass is 9.92. The van der Waals surface area contributed by atoms with Gasteiger partial charge in [-0.2, -0.15) is 0 Å². The average Bonchev–Trinajstić information content (AvgIpc) is 2.55. The van der Waals surface area contributed by atoms with Crippen molar-refractivity contribution in [1.82, 2.24) is 0 Å². The number of hydrogen-bond donors (Lipinski definition) is 1. The number of rotatable bonds is 9. The highest BCUT2D eigenvalue weighted by Crippen LogP contribution is 2.23. The number of carbonyl (C=O) groups excluding carboxylic acids is 2. The fraction of sp³-hybridized carbons (Fsp3) is 0.429. The molecule has 25 heavy (non-hydrogen) atoms. The number of carbonyl (C=O) groups is 2. The van der Waals surface area contributed by atoms with Gasteiger partial charge in [-0.25, -0.2) is 0 Å². The molecule has 0 aliphatic rings. The molecule has 4 heteroatoms. The topological polar surface area (TPSA) is 63.6 Å². The van der Waals surface area contributed by atoms with Crippen molar-refractivity contribution >= 4 is 11.8 Å². The van der Waals surface area contributed by atoms with Crippen LogP contribution in [0.1, 0.15) is 57.3 Å². The molecule has 0 saturated carbocycles. The standard InChI is InChI=1S/C21H28O4/c1-5-25-21(24)18(14-13-16(4)10-8-9-15(2)3)20(23)17-11-6-7-12-19(17)22/h6-7,9,11-13,18,22H,5,8,10,14H2,1-4H3/b16-13+/t18-/m0/s1. The summed E-state index contributed by atoms with van der Waals surface area (Å²) >= 11 is 0. The Balaban J connectivity index is 2.90. The maximum atomic E-state index is 12.7. The Kier molecular flexibility index (Phi) is 8.68. The second-order valence-electron chi connectivity index (χ2n) is 6.29. The lowest BCUT2D eigenvalue weighted by Crippen LogP contribution is -2.26. The lowest BCUT2D eigenvalue weighted by Gasteiger charge is -2.14. The molecule has 0 unspecified atom stereocenters. The molecule has 0 heterocycles. The third kappa shape index (κ3) is 6.96. The van der Waals surface area contributed by atoms with Gasteiger partial charge in [-0.3, -0.25) is 9.59 Å². The minimum atomic E-state index is -0.938. The van der Waals surface area contributed by atoms with Gasteiger partial charge in [0.1, 0.15) is 11.7 Å². The van der Waals surface area contributed by atoms with E-state index in [9.17, 15) is 14.7 Å². The van der Waals surface area contributed by atoms with E-state index < -0.39 is 17.7 Å². The summed E-state index contributed by atoms with van der Waals surface area (Å²) in [6.07, 6.45) is 6.16.